The van der Waals surface area contributed by atoms with E-state index in [9.17, 15) is 72.2 Å². The van der Waals surface area contributed by atoms with Crippen molar-refractivity contribution in [1.82, 2.24) is 53.6 Å². The number of nitrogens with one attached hydrogen (secondary N) is 2. The highest BCUT2D eigenvalue weighted by Gasteiger charge is 2.53. The number of H-pyrrole nitrogens is 2. The fourth-order valence-electron chi connectivity index (χ4n) is 9.37. The van der Waals surface area contributed by atoms with Crippen LogP contribution in [-0.4, -0.2) is 195 Å². The van der Waals surface area contributed by atoms with Gasteiger partial charge in [0.2, 0.25) is 17.7 Å². The van der Waals surface area contributed by atoms with E-state index in [0.29, 0.717) is 0 Å². The van der Waals surface area contributed by atoms with E-state index in [-0.39, 0.29) is 64.2 Å². The number of imidazole rings is 3. The van der Waals surface area contributed by atoms with Gasteiger partial charge in [-0.25, -0.2) is 46.8 Å². The molecular formula is C37H55N15O26P5+. The minimum Gasteiger partial charge on any atom is -0.387 e. The van der Waals surface area contributed by atoms with E-state index in [1.54, 1.807) is 0 Å². The Bertz CT molecular complexity index is 3750. The number of aryl methyl sites for hydroxylation is 1. The molecule has 0 amide bonds. The van der Waals surface area contributed by atoms with Crippen LogP contribution in [0.4, 0.5) is 17.7 Å². The molecule has 0 saturated carbocycles. The molecule has 17 atom stereocenters. The van der Waals surface area contributed by atoms with Crippen LogP contribution in [-0.2, 0) is 80.3 Å². The second-order valence-electron chi connectivity index (χ2n) is 18.7. The highest BCUT2D eigenvalue weighted by Crippen LogP contribution is 2.65. The quantitative estimate of drug-likeness (QED) is 0.0199. The Kier molecular flexibility index (Phi) is 18.1. The first kappa shape index (κ1) is 62.6. The molecule has 0 aliphatic carbocycles. The number of nitrogen functional groups attached to an aromatic ring is 3. The van der Waals surface area contributed by atoms with Crippen molar-refractivity contribution < 1.29 is 118 Å². The van der Waals surface area contributed by atoms with E-state index in [0.717, 1.165) is 30.7 Å². The Hall–Kier alpha value is -4.96. The summed E-state index contributed by atoms with van der Waals surface area (Å²) in [6.45, 7) is -3.04. The number of nitrogens with two attached hydrogens (primary N) is 3. The predicted molar refractivity (Wildman–Crippen MR) is 273 cm³/mol. The number of fused-ring (bicyclic) bond motifs is 3. The summed E-state index contributed by atoms with van der Waals surface area (Å²) >= 11 is 0. The van der Waals surface area contributed by atoms with Gasteiger partial charge in [0.15, 0.2) is 41.4 Å². The van der Waals surface area contributed by atoms with Crippen molar-refractivity contribution in [2.24, 2.45) is 13.0 Å². The van der Waals surface area contributed by atoms with Crippen molar-refractivity contribution >= 4 is 89.9 Å². The van der Waals surface area contributed by atoms with E-state index >= 15 is 0 Å². The van der Waals surface area contributed by atoms with Gasteiger partial charge >= 0.3 is 44.3 Å². The van der Waals surface area contributed by atoms with Crippen LogP contribution < -0.4 is 32.9 Å². The maximum absolute atomic E-state index is 13.7. The summed E-state index contributed by atoms with van der Waals surface area (Å²) < 4.78 is 129. The number of nitrogens with zero attached hydrogens (tertiary/aromatic N) is 10. The molecule has 3 aliphatic rings. The molecule has 0 radical (unpaired) electrons. The van der Waals surface area contributed by atoms with Crippen molar-refractivity contribution in [1.29, 1.82) is 0 Å². The number of hydrogen-bond acceptors (Lipinski definition) is 30. The van der Waals surface area contributed by atoms with Gasteiger partial charge in [-0.2, -0.15) is 4.98 Å². The van der Waals surface area contributed by atoms with Crippen LogP contribution in [0.15, 0.2) is 34.9 Å². The normalized spacial score (nSPS) is 29.5. The third-order valence-corrected chi connectivity index (χ3v) is 20.7. The maximum Gasteiger partial charge on any atom is 0.479 e. The molecule has 3 aliphatic heterocycles. The fraction of sp³-hybridized carbons (Fsp3) is 0.595. The first-order chi connectivity index (χ1) is 38.9. The number of rotatable bonds is 25. The third-order valence-electron chi connectivity index (χ3n) is 13.1. The number of aromatic nitrogens is 12. The number of hydrogen-bond donors (Lipinski definition) is 13. The van der Waals surface area contributed by atoms with E-state index in [1.165, 1.54) is 34.2 Å². The first-order valence-electron chi connectivity index (χ1n) is 24.0. The summed E-state index contributed by atoms with van der Waals surface area (Å²) in [5, 5.41) is 33.1. The summed E-state index contributed by atoms with van der Waals surface area (Å²) in [4.78, 5) is 107. The van der Waals surface area contributed by atoms with Crippen LogP contribution >= 0.6 is 38.7 Å². The second kappa shape index (κ2) is 24.1. The zero-order valence-electron chi connectivity index (χ0n) is 43.1. The molecule has 46 heteroatoms. The molecule has 6 aromatic heterocycles. The van der Waals surface area contributed by atoms with Crippen LogP contribution in [0.1, 0.15) is 25.1 Å². The average Bonchev–Trinajstić information content (AvgIpc) is 2.33. The zero-order valence-corrected chi connectivity index (χ0v) is 47.5. The number of anilines is 3. The van der Waals surface area contributed by atoms with E-state index in [2.05, 4.69) is 48.5 Å². The molecule has 5 unspecified atom stereocenters. The number of aromatic amines is 2. The van der Waals surface area contributed by atoms with Gasteiger partial charge in [-0.1, -0.05) is 4.98 Å². The highest BCUT2D eigenvalue weighted by atomic mass is 31.3. The lowest BCUT2D eigenvalue weighted by Crippen LogP contribution is -2.45. The van der Waals surface area contributed by atoms with E-state index < -0.39 is 155 Å². The minimum atomic E-state index is -5.82. The molecule has 3 saturated heterocycles. The standard InChI is InChI=1S/C37H54N15O26P5/c1-49-14-52(30-21(49)32(57)48-37(40)46-30)33-22(53)15(4-5-68-2)16(73-33)8-71-82(64,65)77-79(58,59)6-7-80(60,61)78-83(66,67)72-10-18-25(26(69-3)35(75-18)50-12-43-19-27(38)41-11-42-28(19)50)76-81(62,63)70-9-17-23(54)24(55)34(74-17)51-13-44-20-29(51)45-36(39)47-31(20)56/h11-18,22-26,33-35,53-55H,4-10H2,1-3H3,(H12-,38,39,40,41,42,45,46,47,48,56,57,58,59,60,61,62,63,64,65,66,67)/p+1/t15-,16-,17-,18-,22-,23-,24-,25-,26-,33-,34-,35-/m1/s1. The molecule has 3 fully saturated rings. The van der Waals surface area contributed by atoms with Gasteiger partial charge in [0.25, 0.3) is 17.1 Å². The molecule has 0 bridgehead atoms. The van der Waals surface area contributed by atoms with E-state index in [1.807, 2.05) is 0 Å². The summed E-state index contributed by atoms with van der Waals surface area (Å²) in [7, 11) is -23.9. The summed E-state index contributed by atoms with van der Waals surface area (Å²) in [5.41, 5.74) is 15.8. The molecule has 0 aromatic carbocycles. The van der Waals surface area contributed by atoms with Crippen LogP contribution in [0, 0.1) is 5.92 Å². The number of aliphatic hydroxyl groups excluding tert-OH is 3. The zero-order chi connectivity index (χ0) is 60.3. The second-order valence-corrected chi connectivity index (χ2v) is 27.2. The third kappa shape index (κ3) is 13.5. The molecule has 16 N–H and O–H groups in total. The van der Waals surface area contributed by atoms with Gasteiger partial charge in [-0.15, -0.1) is 0 Å². The fourth-order valence-corrected chi connectivity index (χ4v) is 16.6. The molecule has 0 spiro atoms. The Labute approximate surface area is 463 Å². The van der Waals surface area contributed by atoms with Crippen LogP contribution in [0.5, 0.6) is 0 Å². The van der Waals surface area contributed by atoms with Crippen molar-refractivity contribution in [3.63, 3.8) is 0 Å². The number of phosphoric acid groups is 3. The van der Waals surface area contributed by atoms with Crippen molar-refractivity contribution in [3.05, 3.63) is 46.0 Å². The number of ether oxygens (including phenoxy) is 5. The lowest BCUT2D eigenvalue weighted by molar-refractivity contribution is -0.745. The lowest BCUT2D eigenvalue weighted by Gasteiger charge is -2.26. The van der Waals surface area contributed by atoms with Crippen LogP contribution in [0.25, 0.3) is 33.5 Å². The van der Waals surface area contributed by atoms with Crippen LogP contribution in [0.3, 0.4) is 0 Å². The van der Waals surface area contributed by atoms with Gasteiger partial charge in [0, 0.05) is 26.7 Å². The molecule has 458 valence electrons. The summed E-state index contributed by atoms with van der Waals surface area (Å²) in [6, 6.07) is 0. The van der Waals surface area contributed by atoms with Crippen molar-refractivity contribution in [3.8, 4) is 0 Å². The molecule has 41 nitrogen and oxygen atoms in total. The van der Waals surface area contributed by atoms with Gasteiger partial charge in [-0.05, 0) is 6.42 Å². The van der Waals surface area contributed by atoms with Crippen molar-refractivity contribution in [2.75, 3.05) is 70.2 Å². The molecule has 9 heterocycles. The van der Waals surface area contributed by atoms with Crippen LogP contribution in [0.2, 0.25) is 0 Å². The molecule has 6 aromatic rings. The molecule has 83 heavy (non-hydrogen) atoms. The minimum absolute atomic E-state index is 0.000187. The smallest absolute Gasteiger partial charge is 0.387 e. The number of phosphoric ester groups is 3. The topological polar surface area (TPSA) is 589 Å². The highest BCUT2D eigenvalue weighted by molar-refractivity contribution is 7.66. The Morgan fingerprint density at radius 2 is 1.25 bits per heavy atom. The maximum atomic E-state index is 13.7. The Balaban J connectivity index is 0.834. The van der Waals surface area contributed by atoms with Gasteiger partial charge in [-0.3, -0.25) is 60.5 Å². The average molecular weight is 1280 g/mol. The summed E-state index contributed by atoms with van der Waals surface area (Å²) in [5.74, 6) is -1.57. The van der Waals surface area contributed by atoms with Gasteiger partial charge in [0.05, 0.1) is 58.0 Å². The largest absolute Gasteiger partial charge is 0.479 e. The van der Waals surface area contributed by atoms with Gasteiger partial charge in [0.1, 0.15) is 54.6 Å². The Morgan fingerprint density at radius 1 is 0.675 bits per heavy atom. The molecule has 9 rings (SSSR count). The number of aliphatic hydroxyl groups is 3. The SMILES string of the molecule is COCC[C@H]1[C@@H](O)[C@H]([n+]2cn(C)c3c(=O)[nH]c(N)nc32)O[C@@H]1COP(=O)(O)OP(=O)(O)CCP(=O)(O)OP(=O)(O)OC[C@H]1O[C@@H](n2cnc3c(N)ncnc32)[C@H](OC)[C@@H]1OP(=O)(O)OC[C@H]1O[C@@H](n2cnc3c(=O)[nH]c(N)nc32)[C@H](O)[C@@H]1O. The predicted octanol–water partition coefficient (Wildman–Crippen LogP) is -3.15. The summed E-state index contributed by atoms with van der Waals surface area (Å²) in [6.07, 6.45) is -15.6. The molecular weight excluding hydrogens is 1230 g/mol. The lowest BCUT2D eigenvalue weighted by atomic mass is 9.95. The van der Waals surface area contributed by atoms with Crippen molar-refractivity contribution in [2.45, 2.75) is 73.9 Å². The monoisotopic (exact) mass is 1280 g/mol. The Morgan fingerprint density at radius 3 is 1.90 bits per heavy atom. The number of methoxy groups -OCH3 is 2. The van der Waals surface area contributed by atoms with Gasteiger partial charge < -0.3 is 80.7 Å². The van der Waals surface area contributed by atoms with E-state index in [4.69, 9.17) is 59.0 Å². The first-order valence-corrected chi connectivity index (χ1v) is 32.0.